The van der Waals surface area contributed by atoms with Crippen molar-refractivity contribution in [2.75, 3.05) is 7.11 Å². The van der Waals surface area contributed by atoms with E-state index in [9.17, 15) is 8.42 Å². The Balaban J connectivity index is 1.71. The van der Waals surface area contributed by atoms with Crippen LogP contribution < -0.4 is 9.46 Å². The number of halogens is 1. The van der Waals surface area contributed by atoms with Gasteiger partial charge in [-0.25, -0.2) is 13.1 Å². The normalized spacial score (nSPS) is 11.5. The van der Waals surface area contributed by atoms with E-state index in [4.69, 9.17) is 20.9 Å². The van der Waals surface area contributed by atoms with Crippen LogP contribution in [0.5, 0.6) is 5.75 Å². The van der Waals surface area contributed by atoms with Crippen LogP contribution in [0.15, 0.2) is 51.9 Å². The number of ether oxygens (including phenoxy) is 1. The van der Waals surface area contributed by atoms with Crippen LogP contribution >= 0.6 is 11.6 Å². The summed E-state index contributed by atoms with van der Waals surface area (Å²) < 4.78 is 37.3. The van der Waals surface area contributed by atoms with Crippen molar-refractivity contribution in [1.82, 2.24) is 14.9 Å². The lowest BCUT2D eigenvalue weighted by molar-refractivity contribution is 0.376. The van der Waals surface area contributed by atoms with Crippen molar-refractivity contribution in [1.29, 1.82) is 0 Å². The summed E-state index contributed by atoms with van der Waals surface area (Å²) in [6.45, 7) is 1.67. The molecule has 0 fully saturated rings. The van der Waals surface area contributed by atoms with Crippen LogP contribution in [-0.4, -0.2) is 25.7 Å². The molecule has 0 unspecified atom stereocenters. The molecule has 1 heterocycles. The molecule has 0 saturated heterocycles. The lowest BCUT2D eigenvalue weighted by Crippen LogP contribution is -2.23. The van der Waals surface area contributed by atoms with Crippen LogP contribution in [0.25, 0.3) is 11.4 Å². The molecule has 26 heavy (non-hydrogen) atoms. The van der Waals surface area contributed by atoms with Gasteiger partial charge in [-0.15, -0.1) is 0 Å². The standard InChI is InChI=1S/C17H16ClN3O4S/c1-11-3-8-14(9-15(11)18)26(22,23)19-10-16-20-17(21-25-16)12-4-6-13(24-2)7-5-12/h3-9,19H,10H2,1-2H3. The number of benzene rings is 2. The highest BCUT2D eigenvalue weighted by atomic mass is 35.5. The molecule has 7 nitrogen and oxygen atoms in total. The second-order valence-corrected chi connectivity index (χ2v) is 7.65. The van der Waals surface area contributed by atoms with E-state index in [1.807, 2.05) is 0 Å². The molecule has 1 N–H and O–H groups in total. The predicted octanol–water partition coefficient (Wildman–Crippen LogP) is 3.19. The van der Waals surface area contributed by atoms with Crippen molar-refractivity contribution in [2.45, 2.75) is 18.4 Å². The highest BCUT2D eigenvalue weighted by molar-refractivity contribution is 7.89. The molecule has 136 valence electrons. The molecule has 3 aromatic rings. The largest absolute Gasteiger partial charge is 0.497 e. The van der Waals surface area contributed by atoms with Gasteiger partial charge in [0, 0.05) is 10.6 Å². The van der Waals surface area contributed by atoms with Gasteiger partial charge in [-0.05, 0) is 48.9 Å². The molecule has 0 bridgehead atoms. The molecule has 0 aliphatic rings. The third kappa shape index (κ3) is 4.04. The van der Waals surface area contributed by atoms with Crippen molar-refractivity contribution in [3.05, 3.63) is 58.9 Å². The first-order valence-electron chi connectivity index (χ1n) is 7.62. The Morgan fingerprint density at radius 3 is 2.58 bits per heavy atom. The number of methoxy groups -OCH3 is 1. The van der Waals surface area contributed by atoms with Gasteiger partial charge in [-0.3, -0.25) is 0 Å². The summed E-state index contributed by atoms with van der Waals surface area (Å²) in [5.41, 5.74) is 1.53. The van der Waals surface area contributed by atoms with E-state index in [1.54, 1.807) is 44.4 Å². The predicted molar refractivity (Wildman–Crippen MR) is 96.5 cm³/mol. The molecule has 0 amide bonds. The Labute approximate surface area is 156 Å². The summed E-state index contributed by atoms with van der Waals surface area (Å²) in [7, 11) is -2.16. The summed E-state index contributed by atoms with van der Waals surface area (Å²) in [6, 6.07) is 11.6. The van der Waals surface area contributed by atoms with Gasteiger partial charge in [0.05, 0.1) is 18.6 Å². The van der Waals surface area contributed by atoms with E-state index < -0.39 is 10.0 Å². The fourth-order valence-electron chi connectivity index (χ4n) is 2.16. The Morgan fingerprint density at radius 2 is 1.92 bits per heavy atom. The van der Waals surface area contributed by atoms with Crippen LogP contribution in [0.1, 0.15) is 11.5 Å². The number of aromatic nitrogens is 2. The minimum absolute atomic E-state index is 0.0722. The van der Waals surface area contributed by atoms with Gasteiger partial charge >= 0.3 is 0 Å². The average Bonchev–Trinajstić information content (AvgIpc) is 3.11. The van der Waals surface area contributed by atoms with Gasteiger partial charge in [0.15, 0.2) is 0 Å². The number of nitrogens with one attached hydrogen (secondary N) is 1. The maximum Gasteiger partial charge on any atom is 0.242 e. The number of aryl methyl sites for hydroxylation is 1. The molecule has 0 aliphatic heterocycles. The number of hydrogen-bond acceptors (Lipinski definition) is 6. The van der Waals surface area contributed by atoms with Crippen molar-refractivity contribution in [3.8, 4) is 17.1 Å². The monoisotopic (exact) mass is 393 g/mol. The third-order valence-corrected chi connectivity index (χ3v) is 5.49. The second-order valence-electron chi connectivity index (χ2n) is 5.48. The summed E-state index contributed by atoms with van der Waals surface area (Å²) in [4.78, 5) is 4.27. The summed E-state index contributed by atoms with van der Waals surface area (Å²) in [5.74, 6) is 1.22. The highest BCUT2D eigenvalue weighted by Gasteiger charge is 2.17. The van der Waals surface area contributed by atoms with Gasteiger partial charge < -0.3 is 9.26 Å². The van der Waals surface area contributed by atoms with Gasteiger partial charge in [0.1, 0.15) is 5.75 Å². The number of sulfonamides is 1. The van der Waals surface area contributed by atoms with Crippen LogP contribution in [0, 0.1) is 6.92 Å². The van der Waals surface area contributed by atoms with Gasteiger partial charge in [0.25, 0.3) is 0 Å². The van der Waals surface area contributed by atoms with Crippen LogP contribution in [0.3, 0.4) is 0 Å². The molecule has 2 aromatic carbocycles. The lowest BCUT2D eigenvalue weighted by atomic mass is 10.2. The molecular formula is C17H16ClN3O4S. The quantitative estimate of drug-likeness (QED) is 0.691. The van der Waals surface area contributed by atoms with E-state index in [0.717, 1.165) is 11.1 Å². The zero-order chi connectivity index (χ0) is 18.7. The van der Waals surface area contributed by atoms with Gasteiger partial charge in [-0.1, -0.05) is 22.8 Å². The van der Waals surface area contributed by atoms with E-state index in [1.165, 1.54) is 12.1 Å². The molecule has 0 saturated carbocycles. The molecule has 0 aliphatic carbocycles. The summed E-state index contributed by atoms with van der Waals surface area (Å²) >= 11 is 5.99. The maximum atomic E-state index is 12.3. The first kappa shape index (κ1) is 18.4. The number of nitrogens with zero attached hydrogens (tertiary/aromatic N) is 2. The van der Waals surface area contributed by atoms with Crippen molar-refractivity contribution >= 4 is 21.6 Å². The molecule has 3 rings (SSSR count). The maximum absolute atomic E-state index is 12.3. The molecule has 0 spiro atoms. The first-order chi connectivity index (χ1) is 12.4. The molecule has 0 radical (unpaired) electrons. The average molecular weight is 394 g/mol. The smallest absolute Gasteiger partial charge is 0.242 e. The highest BCUT2D eigenvalue weighted by Crippen LogP contribution is 2.21. The Morgan fingerprint density at radius 1 is 1.19 bits per heavy atom. The minimum atomic E-state index is -3.74. The molecular weight excluding hydrogens is 378 g/mol. The Bertz CT molecular complexity index is 1020. The zero-order valence-corrected chi connectivity index (χ0v) is 15.6. The fraction of sp³-hybridized carbons (Fsp3) is 0.176. The van der Waals surface area contributed by atoms with Crippen LogP contribution in [-0.2, 0) is 16.6 Å². The van der Waals surface area contributed by atoms with E-state index in [-0.39, 0.29) is 17.3 Å². The SMILES string of the molecule is COc1ccc(-c2noc(CNS(=O)(=O)c3ccc(C)c(Cl)c3)n2)cc1. The molecule has 9 heteroatoms. The fourth-order valence-corrected chi connectivity index (χ4v) is 3.41. The van der Waals surface area contributed by atoms with Crippen molar-refractivity contribution in [3.63, 3.8) is 0 Å². The first-order valence-corrected chi connectivity index (χ1v) is 9.48. The Hall–Kier alpha value is -2.42. The van der Waals surface area contributed by atoms with Crippen molar-refractivity contribution < 1.29 is 17.7 Å². The zero-order valence-electron chi connectivity index (χ0n) is 14.1. The van der Waals surface area contributed by atoms with Gasteiger partial charge in [-0.2, -0.15) is 4.98 Å². The van der Waals surface area contributed by atoms with Crippen LogP contribution in [0.2, 0.25) is 5.02 Å². The number of rotatable bonds is 6. The topological polar surface area (TPSA) is 94.3 Å². The molecule has 1 aromatic heterocycles. The van der Waals surface area contributed by atoms with Crippen LogP contribution in [0.4, 0.5) is 0 Å². The summed E-state index contributed by atoms with van der Waals surface area (Å²) in [5, 5.41) is 4.24. The molecule has 0 atom stereocenters. The van der Waals surface area contributed by atoms with E-state index >= 15 is 0 Å². The lowest BCUT2D eigenvalue weighted by Gasteiger charge is -2.06. The van der Waals surface area contributed by atoms with E-state index in [2.05, 4.69) is 14.9 Å². The van der Waals surface area contributed by atoms with Gasteiger partial charge in [0.2, 0.25) is 21.7 Å². The second kappa shape index (κ2) is 7.45. The van der Waals surface area contributed by atoms with Crippen molar-refractivity contribution in [2.24, 2.45) is 0 Å². The van der Waals surface area contributed by atoms with E-state index in [0.29, 0.717) is 16.6 Å². The Kier molecular flexibility index (Phi) is 5.26. The number of hydrogen-bond donors (Lipinski definition) is 1. The summed E-state index contributed by atoms with van der Waals surface area (Å²) in [6.07, 6.45) is 0. The third-order valence-electron chi connectivity index (χ3n) is 3.68. The minimum Gasteiger partial charge on any atom is -0.497 e.